The molecule has 0 unspecified atom stereocenters. The number of ether oxygens (including phenoxy) is 1. The van der Waals surface area contributed by atoms with E-state index in [0.29, 0.717) is 11.6 Å². The highest BCUT2D eigenvalue weighted by Gasteiger charge is 2.27. The quantitative estimate of drug-likeness (QED) is 0.800. The number of alkyl halides is 2. The molecule has 24 heavy (non-hydrogen) atoms. The van der Waals surface area contributed by atoms with Crippen LogP contribution in [0.4, 0.5) is 14.5 Å². The van der Waals surface area contributed by atoms with Crippen LogP contribution in [-0.4, -0.2) is 48.3 Å². The highest BCUT2D eigenvalue weighted by atomic mass is 19.3. The smallest absolute Gasteiger partial charge is 0.387 e. The molecule has 1 aromatic carbocycles. The second-order valence-electron chi connectivity index (χ2n) is 6.08. The molecule has 2 atom stereocenters. The summed E-state index contributed by atoms with van der Waals surface area (Å²) in [5.74, 6) is 0.339. The number of carbonyl (C=O) groups excluding carboxylic acids is 1. The van der Waals surface area contributed by atoms with E-state index in [1.165, 1.54) is 24.3 Å². The van der Waals surface area contributed by atoms with Crippen molar-refractivity contribution in [1.82, 2.24) is 4.90 Å². The Labute approximate surface area is 140 Å². The maximum atomic E-state index is 12.4. The SMILES string of the molecule is C[C@@H](C(=O)Nc1ccc(OC(F)F)cc1)N1CCC[C@H](CCO)C1. The minimum Gasteiger partial charge on any atom is -0.435 e. The molecule has 1 aromatic rings. The fraction of sp³-hybridized carbons (Fsp3) is 0.588. The second-order valence-corrected chi connectivity index (χ2v) is 6.08. The van der Waals surface area contributed by atoms with E-state index in [4.69, 9.17) is 5.11 Å². The topological polar surface area (TPSA) is 61.8 Å². The Kier molecular flexibility index (Phi) is 6.93. The van der Waals surface area contributed by atoms with Crippen molar-refractivity contribution in [3.63, 3.8) is 0 Å². The molecule has 1 heterocycles. The predicted octanol–water partition coefficient (Wildman–Crippen LogP) is 2.71. The molecule has 134 valence electrons. The van der Waals surface area contributed by atoms with Crippen LogP contribution in [0.3, 0.4) is 0 Å². The number of nitrogens with zero attached hydrogens (tertiary/aromatic N) is 1. The largest absolute Gasteiger partial charge is 0.435 e. The molecule has 0 bridgehead atoms. The summed E-state index contributed by atoms with van der Waals surface area (Å²) in [5, 5.41) is 11.9. The van der Waals surface area contributed by atoms with Gasteiger partial charge in [0.1, 0.15) is 5.75 Å². The molecule has 1 fully saturated rings. The van der Waals surface area contributed by atoms with Crippen molar-refractivity contribution >= 4 is 11.6 Å². The molecule has 2 rings (SSSR count). The van der Waals surface area contributed by atoms with E-state index in [-0.39, 0.29) is 24.3 Å². The van der Waals surface area contributed by atoms with Gasteiger partial charge in [0.2, 0.25) is 5.91 Å². The first-order valence-corrected chi connectivity index (χ1v) is 8.20. The number of nitrogens with one attached hydrogen (secondary N) is 1. The Balaban J connectivity index is 1.88. The fourth-order valence-corrected chi connectivity index (χ4v) is 3.00. The molecular formula is C17H24F2N2O3. The lowest BCUT2D eigenvalue weighted by atomic mass is 9.94. The van der Waals surface area contributed by atoms with E-state index < -0.39 is 6.61 Å². The Morgan fingerprint density at radius 3 is 2.75 bits per heavy atom. The standard InChI is InChI=1S/C17H24F2N2O3/c1-12(21-9-2-3-13(11-21)8-10-22)16(23)20-14-4-6-15(7-5-14)24-17(18)19/h4-7,12-13,17,22H,2-3,8-11H2,1H3,(H,20,23)/t12-,13+/m0/s1. The molecule has 5 nitrogen and oxygen atoms in total. The lowest BCUT2D eigenvalue weighted by molar-refractivity contribution is -0.121. The number of anilines is 1. The van der Waals surface area contributed by atoms with Crippen LogP contribution in [0.25, 0.3) is 0 Å². The van der Waals surface area contributed by atoms with Gasteiger partial charge in [-0.3, -0.25) is 9.69 Å². The first-order chi connectivity index (χ1) is 11.5. The van der Waals surface area contributed by atoms with Crippen LogP contribution in [0, 0.1) is 5.92 Å². The van der Waals surface area contributed by atoms with Gasteiger partial charge in [-0.05, 0) is 62.9 Å². The lowest BCUT2D eigenvalue weighted by Gasteiger charge is -2.36. The summed E-state index contributed by atoms with van der Waals surface area (Å²) in [7, 11) is 0. The Morgan fingerprint density at radius 1 is 1.42 bits per heavy atom. The van der Waals surface area contributed by atoms with E-state index in [2.05, 4.69) is 15.0 Å². The summed E-state index contributed by atoms with van der Waals surface area (Å²) in [6.07, 6.45) is 2.86. The maximum absolute atomic E-state index is 12.4. The molecule has 0 spiro atoms. The number of halogens is 2. The van der Waals surface area contributed by atoms with Gasteiger partial charge in [0.25, 0.3) is 0 Å². The first-order valence-electron chi connectivity index (χ1n) is 8.20. The molecule has 1 aliphatic rings. The molecule has 7 heteroatoms. The summed E-state index contributed by atoms with van der Waals surface area (Å²) in [5.41, 5.74) is 0.539. The number of benzene rings is 1. The van der Waals surface area contributed by atoms with Crippen molar-refractivity contribution < 1.29 is 23.4 Å². The van der Waals surface area contributed by atoms with Gasteiger partial charge in [-0.2, -0.15) is 8.78 Å². The molecule has 0 saturated carbocycles. The molecule has 1 aliphatic heterocycles. The highest BCUT2D eigenvalue weighted by molar-refractivity contribution is 5.94. The van der Waals surface area contributed by atoms with E-state index in [1.54, 1.807) is 0 Å². The summed E-state index contributed by atoms with van der Waals surface area (Å²) in [6.45, 7) is 0.821. The van der Waals surface area contributed by atoms with Crippen LogP contribution < -0.4 is 10.1 Å². The van der Waals surface area contributed by atoms with Crippen molar-refractivity contribution in [3.05, 3.63) is 24.3 Å². The van der Waals surface area contributed by atoms with Gasteiger partial charge < -0.3 is 15.2 Å². The van der Waals surface area contributed by atoms with Gasteiger partial charge in [0.05, 0.1) is 6.04 Å². The van der Waals surface area contributed by atoms with Crippen LogP contribution in [-0.2, 0) is 4.79 Å². The van der Waals surface area contributed by atoms with Crippen LogP contribution in [0.5, 0.6) is 5.75 Å². The van der Waals surface area contributed by atoms with Crippen molar-refractivity contribution in [3.8, 4) is 5.75 Å². The summed E-state index contributed by atoms with van der Waals surface area (Å²) in [4.78, 5) is 14.5. The van der Waals surface area contributed by atoms with Crippen molar-refractivity contribution in [2.24, 2.45) is 5.92 Å². The molecule has 1 saturated heterocycles. The zero-order valence-electron chi connectivity index (χ0n) is 13.8. The Hall–Kier alpha value is -1.73. The van der Waals surface area contributed by atoms with E-state index in [0.717, 1.165) is 32.4 Å². The van der Waals surface area contributed by atoms with Gasteiger partial charge in [-0.15, -0.1) is 0 Å². The molecule has 2 N–H and O–H groups in total. The van der Waals surface area contributed by atoms with Crippen molar-refractivity contribution in [2.45, 2.75) is 38.8 Å². The summed E-state index contributed by atoms with van der Waals surface area (Å²) < 4.78 is 28.5. The van der Waals surface area contributed by atoms with E-state index >= 15 is 0 Å². The van der Waals surface area contributed by atoms with Gasteiger partial charge >= 0.3 is 6.61 Å². The van der Waals surface area contributed by atoms with Crippen LogP contribution in [0.2, 0.25) is 0 Å². The van der Waals surface area contributed by atoms with Gasteiger partial charge in [0, 0.05) is 18.8 Å². The Morgan fingerprint density at radius 2 is 2.12 bits per heavy atom. The zero-order valence-corrected chi connectivity index (χ0v) is 13.8. The Bertz CT molecular complexity index is 523. The third kappa shape index (κ3) is 5.42. The molecular weight excluding hydrogens is 318 g/mol. The predicted molar refractivity (Wildman–Crippen MR) is 87.2 cm³/mol. The number of hydrogen-bond donors (Lipinski definition) is 2. The number of aliphatic hydroxyl groups is 1. The fourth-order valence-electron chi connectivity index (χ4n) is 3.00. The summed E-state index contributed by atoms with van der Waals surface area (Å²) >= 11 is 0. The van der Waals surface area contributed by atoms with Gasteiger partial charge in [0.15, 0.2) is 0 Å². The maximum Gasteiger partial charge on any atom is 0.387 e. The van der Waals surface area contributed by atoms with Gasteiger partial charge in [-0.1, -0.05) is 0 Å². The van der Waals surface area contributed by atoms with Gasteiger partial charge in [-0.25, -0.2) is 0 Å². The number of carbonyl (C=O) groups is 1. The normalized spacial score (nSPS) is 20.0. The van der Waals surface area contributed by atoms with Crippen LogP contribution in [0.15, 0.2) is 24.3 Å². The monoisotopic (exact) mass is 342 g/mol. The molecule has 0 radical (unpaired) electrons. The average Bonchev–Trinajstić information content (AvgIpc) is 2.56. The third-order valence-corrected chi connectivity index (χ3v) is 4.36. The van der Waals surface area contributed by atoms with E-state index in [1.807, 2.05) is 6.92 Å². The number of piperidine rings is 1. The first kappa shape index (κ1) is 18.6. The number of amides is 1. The van der Waals surface area contributed by atoms with Crippen LogP contribution in [0.1, 0.15) is 26.2 Å². The number of rotatable bonds is 7. The number of aliphatic hydroxyl groups excluding tert-OH is 1. The summed E-state index contributed by atoms with van der Waals surface area (Å²) in [6, 6.07) is 5.57. The highest BCUT2D eigenvalue weighted by Crippen LogP contribution is 2.22. The molecule has 1 amide bonds. The number of hydrogen-bond acceptors (Lipinski definition) is 4. The van der Waals surface area contributed by atoms with Crippen LogP contribution >= 0.6 is 0 Å². The minimum atomic E-state index is -2.86. The average molecular weight is 342 g/mol. The minimum absolute atomic E-state index is 0.0546. The van der Waals surface area contributed by atoms with Crippen molar-refractivity contribution in [2.75, 3.05) is 25.0 Å². The van der Waals surface area contributed by atoms with Crippen molar-refractivity contribution in [1.29, 1.82) is 0 Å². The van der Waals surface area contributed by atoms with E-state index in [9.17, 15) is 13.6 Å². The number of likely N-dealkylation sites (tertiary alicyclic amines) is 1. The molecule has 0 aromatic heterocycles. The zero-order chi connectivity index (χ0) is 17.5. The third-order valence-electron chi connectivity index (χ3n) is 4.36. The second kappa shape index (κ2) is 8.94. The lowest BCUT2D eigenvalue weighted by Crippen LogP contribution is -2.47. The molecule has 0 aliphatic carbocycles.